The lowest BCUT2D eigenvalue weighted by Crippen LogP contribution is -2.22. The van der Waals surface area contributed by atoms with Crippen LogP contribution in [0.25, 0.3) is 0 Å². The molecular weight excluding hydrogens is 364 g/mol. The smallest absolute Gasteiger partial charge is 0.296 e. The first-order valence-corrected chi connectivity index (χ1v) is 8.57. The number of aromatic amines is 1. The number of aromatic nitrogens is 3. The summed E-state index contributed by atoms with van der Waals surface area (Å²) >= 11 is 5.05. The van der Waals surface area contributed by atoms with Crippen LogP contribution in [-0.2, 0) is 6.61 Å². The number of rotatable bonds is 6. The third kappa shape index (κ3) is 4.48. The molecule has 0 fully saturated rings. The van der Waals surface area contributed by atoms with Crippen molar-refractivity contribution in [1.29, 1.82) is 0 Å². The van der Waals surface area contributed by atoms with E-state index in [1.807, 2.05) is 36.4 Å². The molecule has 0 saturated heterocycles. The van der Waals surface area contributed by atoms with Crippen LogP contribution >= 0.6 is 12.2 Å². The van der Waals surface area contributed by atoms with Gasteiger partial charge in [-0.1, -0.05) is 30.3 Å². The molecule has 0 radical (unpaired) electrons. The van der Waals surface area contributed by atoms with Gasteiger partial charge in [-0.15, -0.1) is 0 Å². The quantitative estimate of drug-likeness (QED) is 0.523. The van der Waals surface area contributed by atoms with Crippen LogP contribution in [0.15, 0.2) is 58.4 Å². The van der Waals surface area contributed by atoms with Crippen molar-refractivity contribution < 1.29 is 9.47 Å². The monoisotopic (exact) mass is 382 g/mol. The lowest BCUT2D eigenvalue weighted by atomic mass is 10.2. The number of H-pyrrole nitrogens is 1. The fraction of sp³-hybridized carbons (Fsp3) is 0.158. The highest BCUT2D eigenvalue weighted by molar-refractivity contribution is 7.71. The molecular formula is C19H18N4O3S. The number of hydrogen-bond donors (Lipinski definition) is 1. The Kier molecular flexibility index (Phi) is 5.77. The summed E-state index contributed by atoms with van der Waals surface area (Å²) < 4.78 is 12.4. The fourth-order valence-corrected chi connectivity index (χ4v) is 2.50. The van der Waals surface area contributed by atoms with Gasteiger partial charge in [0, 0.05) is 0 Å². The van der Waals surface area contributed by atoms with Crippen LogP contribution in [-0.4, -0.2) is 28.2 Å². The van der Waals surface area contributed by atoms with Gasteiger partial charge in [-0.25, -0.2) is 0 Å². The molecule has 0 aliphatic rings. The molecule has 0 spiro atoms. The molecule has 0 unspecified atom stereocenters. The summed E-state index contributed by atoms with van der Waals surface area (Å²) in [7, 11) is 1.57. The van der Waals surface area contributed by atoms with Gasteiger partial charge in [0.25, 0.3) is 5.56 Å². The van der Waals surface area contributed by atoms with E-state index in [1.165, 1.54) is 6.21 Å². The van der Waals surface area contributed by atoms with E-state index < -0.39 is 0 Å². The minimum atomic E-state index is -0.371. The van der Waals surface area contributed by atoms with Crippen molar-refractivity contribution in [3.63, 3.8) is 0 Å². The molecule has 0 bridgehead atoms. The van der Waals surface area contributed by atoms with Gasteiger partial charge in [0.05, 0.1) is 13.3 Å². The predicted octanol–water partition coefficient (Wildman–Crippen LogP) is 3.08. The zero-order valence-electron chi connectivity index (χ0n) is 14.9. The Morgan fingerprint density at radius 2 is 2.00 bits per heavy atom. The van der Waals surface area contributed by atoms with Crippen LogP contribution in [0.1, 0.15) is 16.8 Å². The third-order valence-electron chi connectivity index (χ3n) is 3.76. The normalized spacial score (nSPS) is 10.9. The molecule has 0 aliphatic heterocycles. The molecule has 3 aromatic rings. The highest BCUT2D eigenvalue weighted by Gasteiger charge is 2.06. The fourth-order valence-electron chi connectivity index (χ4n) is 2.32. The van der Waals surface area contributed by atoms with Gasteiger partial charge in [-0.05, 0) is 48.5 Å². The maximum atomic E-state index is 12.1. The largest absolute Gasteiger partial charge is 0.493 e. The molecule has 1 heterocycles. The lowest BCUT2D eigenvalue weighted by molar-refractivity contribution is 0.284. The van der Waals surface area contributed by atoms with Gasteiger partial charge in [0.1, 0.15) is 12.3 Å². The standard InChI is InChI=1S/C19H18N4O3S/c1-13-18(24)23(19(27)22-21-13)20-11-15-8-9-16(17(10-15)25-2)26-12-14-6-4-3-5-7-14/h3-11H,12H2,1-2H3,(H,22,27). The van der Waals surface area contributed by atoms with E-state index in [9.17, 15) is 4.79 Å². The first-order valence-electron chi connectivity index (χ1n) is 8.16. The van der Waals surface area contributed by atoms with E-state index in [0.29, 0.717) is 18.1 Å². The van der Waals surface area contributed by atoms with Crippen molar-refractivity contribution in [3.8, 4) is 11.5 Å². The molecule has 2 aromatic carbocycles. The lowest BCUT2D eigenvalue weighted by Gasteiger charge is -2.11. The number of nitrogens with zero attached hydrogens (tertiary/aromatic N) is 3. The Bertz CT molecular complexity index is 1070. The molecule has 0 amide bonds. The van der Waals surface area contributed by atoms with Gasteiger partial charge in [-0.3, -0.25) is 9.89 Å². The molecule has 8 heteroatoms. The number of benzene rings is 2. The summed E-state index contributed by atoms with van der Waals surface area (Å²) in [5.41, 5.74) is 1.70. The maximum absolute atomic E-state index is 12.1. The molecule has 0 atom stereocenters. The summed E-state index contributed by atoms with van der Waals surface area (Å²) in [4.78, 5) is 12.1. The Labute approximate surface area is 160 Å². The van der Waals surface area contributed by atoms with Crippen molar-refractivity contribution in [2.45, 2.75) is 13.5 Å². The molecule has 0 aliphatic carbocycles. The molecule has 0 saturated carbocycles. The van der Waals surface area contributed by atoms with Crippen molar-refractivity contribution in [1.82, 2.24) is 14.9 Å². The van der Waals surface area contributed by atoms with Gasteiger partial charge in [-0.2, -0.15) is 14.9 Å². The van der Waals surface area contributed by atoms with Crippen molar-refractivity contribution in [3.05, 3.63) is 80.5 Å². The Hall–Kier alpha value is -3.26. The number of aryl methyl sites for hydroxylation is 1. The van der Waals surface area contributed by atoms with E-state index in [-0.39, 0.29) is 16.0 Å². The van der Waals surface area contributed by atoms with Gasteiger partial charge < -0.3 is 9.47 Å². The first kappa shape index (κ1) is 18.5. The molecule has 1 aromatic heterocycles. The van der Waals surface area contributed by atoms with Crippen LogP contribution in [0.2, 0.25) is 0 Å². The van der Waals surface area contributed by atoms with Crippen LogP contribution in [0.4, 0.5) is 0 Å². The van der Waals surface area contributed by atoms with Crippen molar-refractivity contribution >= 4 is 18.4 Å². The number of nitrogens with one attached hydrogen (secondary N) is 1. The summed E-state index contributed by atoms with van der Waals surface area (Å²) in [6, 6.07) is 15.3. The van der Waals surface area contributed by atoms with Crippen molar-refractivity contribution in [2.24, 2.45) is 5.10 Å². The number of methoxy groups -OCH3 is 1. The third-order valence-corrected chi connectivity index (χ3v) is 4.02. The van der Waals surface area contributed by atoms with Crippen LogP contribution in [0.5, 0.6) is 11.5 Å². The summed E-state index contributed by atoms with van der Waals surface area (Å²) in [5.74, 6) is 1.19. The second kappa shape index (κ2) is 8.41. The SMILES string of the molecule is COc1cc(C=Nn2c(=S)[nH]nc(C)c2=O)ccc1OCc1ccccc1. The Morgan fingerprint density at radius 3 is 2.74 bits per heavy atom. The van der Waals surface area contributed by atoms with Gasteiger partial charge in [0.15, 0.2) is 11.5 Å². The molecule has 27 heavy (non-hydrogen) atoms. The van der Waals surface area contributed by atoms with Crippen LogP contribution in [0.3, 0.4) is 0 Å². The highest BCUT2D eigenvalue weighted by Crippen LogP contribution is 2.28. The summed E-state index contributed by atoms with van der Waals surface area (Å²) in [6.45, 7) is 2.02. The minimum absolute atomic E-state index is 0.122. The maximum Gasteiger partial charge on any atom is 0.296 e. The van der Waals surface area contributed by atoms with Gasteiger partial charge in [0.2, 0.25) is 4.77 Å². The van der Waals surface area contributed by atoms with Crippen molar-refractivity contribution in [2.75, 3.05) is 7.11 Å². The molecule has 138 valence electrons. The number of hydrogen-bond acceptors (Lipinski definition) is 6. The Morgan fingerprint density at radius 1 is 1.22 bits per heavy atom. The average molecular weight is 382 g/mol. The molecule has 3 rings (SSSR count). The first-order chi connectivity index (χ1) is 13.1. The van der Waals surface area contributed by atoms with E-state index in [1.54, 1.807) is 26.2 Å². The van der Waals surface area contributed by atoms with E-state index in [4.69, 9.17) is 21.7 Å². The highest BCUT2D eigenvalue weighted by atomic mass is 32.1. The second-order valence-corrected chi connectivity index (χ2v) is 6.05. The van der Waals surface area contributed by atoms with E-state index in [2.05, 4.69) is 15.3 Å². The predicted molar refractivity (Wildman–Crippen MR) is 105 cm³/mol. The minimum Gasteiger partial charge on any atom is -0.493 e. The summed E-state index contributed by atoms with van der Waals surface area (Å²) in [6.07, 6.45) is 1.52. The number of ether oxygens (including phenoxy) is 2. The molecule has 1 N–H and O–H groups in total. The summed E-state index contributed by atoms with van der Waals surface area (Å²) in [5, 5.41) is 10.5. The van der Waals surface area contributed by atoms with E-state index >= 15 is 0 Å². The van der Waals surface area contributed by atoms with Crippen LogP contribution < -0.4 is 15.0 Å². The molecule has 7 nitrogen and oxygen atoms in total. The second-order valence-electron chi connectivity index (χ2n) is 5.66. The van der Waals surface area contributed by atoms with E-state index in [0.717, 1.165) is 15.8 Å². The van der Waals surface area contributed by atoms with Crippen LogP contribution in [0, 0.1) is 11.7 Å². The van der Waals surface area contributed by atoms with Gasteiger partial charge >= 0.3 is 0 Å². The average Bonchev–Trinajstić information content (AvgIpc) is 2.70. The Balaban J connectivity index is 1.81. The zero-order chi connectivity index (χ0) is 19.2. The topological polar surface area (TPSA) is 81.5 Å². The zero-order valence-corrected chi connectivity index (χ0v) is 15.7.